The summed E-state index contributed by atoms with van der Waals surface area (Å²) in [5.74, 6) is -0.737. The molecule has 0 aliphatic heterocycles. The molecule has 1 aromatic heterocycles. The average Bonchev–Trinajstić information content (AvgIpc) is 1.88. The van der Waals surface area contributed by atoms with Gasteiger partial charge >= 0.3 is 29.6 Å². The predicted molar refractivity (Wildman–Crippen MR) is 46.7 cm³/mol. The van der Waals surface area contributed by atoms with E-state index in [-0.39, 0.29) is 52.0 Å². The van der Waals surface area contributed by atoms with E-state index in [0.717, 1.165) is 0 Å². The van der Waals surface area contributed by atoms with Crippen molar-refractivity contribution < 1.29 is 21.2 Å². The van der Waals surface area contributed by atoms with Gasteiger partial charge in [-0.3, -0.25) is 0 Å². The molecule has 68 valence electrons. The summed E-state index contributed by atoms with van der Waals surface area (Å²) in [5, 5.41) is 25.7. The summed E-state index contributed by atoms with van der Waals surface area (Å²) in [6.07, 6.45) is 0. The number of nitrogens with zero attached hydrogens (tertiary/aromatic N) is 2. The summed E-state index contributed by atoms with van der Waals surface area (Å²) in [4.78, 5) is 3.23. The van der Waals surface area contributed by atoms with E-state index in [1.165, 1.54) is 12.1 Å². The molecule has 13 heavy (non-hydrogen) atoms. The molecule has 0 unspecified atom stereocenters. The summed E-state index contributed by atoms with van der Waals surface area (Å²) in [6, 6.07) is 4.22. The van der Waals surface area contributed by atoms with Gasteiger partial charge in [-0.05, 0) is 6.07 Å². The monoisotopic (exact) mass is 196 g/mol. The van der Waals surface area contributed by atoms with Gasteiger partial charge in [-0.25, -0.2) is 0 Å². The first kappa shape index (κ1) is 18.0. The number of aromatic hydroxyl groups is 2. The second-order valence-corrected chi connectivity index (χ2v) is 1.65. The first-order valence-electron chi connectivity index (χ1n) is 2.53. The van der Waals surface area contributed by atoms with E-state index >= 15 is 0 Å². The molecule has 0 atom stereocenters. The number of hydrogen-bond acceptors (Lipinski definition) is 4. The van der Waals surface area contributed by atoms with E-state index in [1.54, 1.807) is 6.07 Å². The van der Waals surface area contributed by atoms with Gasteiger partial charge in [0.15, 0.2) is 0 Å². The van der Waals surface area contributed by atoms with Crippen molar-refractivity contribution in [3.05, 3.63) is 17.7 Å². The van der Waals surface area contributed by atoms with Crippen molar-refractivity contribution in [1.29, 1.82) is 5.26 Å². The molecule has 0 fully saturated rings. The molecular weight excluding hydrogens is 187 g/mol. The SMILES string of the molecule is N#Cc1ccc(O)nc1O.O.O.[NaH]. The van der Waals surface area contributed by atoms with E-state index in [0.29, 0.717) is 0 Å². The number of pyridine rings is 1. The van der Waals surface area contributed by atoms with Crippen LogP contribution < -0.4 is 0 Å². The molecule has 1 aromatic rings. The van der Waals surface area contributed by atoms with Gasteiger partial charge in [0.1, 0.15) is 11.6 Å². The van der Waals surface area contributed by atoms with Crippen LogP contribution in [0.15, 0.2) is 12.1 Å². The van der Waals surface area contributed by atoms with Gasteiger partial charge in [0.2, 0.25) is 11.8 Å². The van der Waals surface area contributed by atoms with Gasteiger partial charge in [-0.15, -0.1) is 0 Å². The minimum atomic E-state index is -0.442. The Hall–Kier alpha value is -0.840. The van der Waals surface area contributed by atoms with Crippen LogP contribution in [0.4, 0.5) is 0 Å². The molecule has 6 N–H and O–H groups in total. The fourth-order valence-electron chi connectivity index (χ4n) is 0.526. The molecule has 0 spiro atoms. The number of aromatic nitrogens is 1. The molecule has 7 heteroatoms. The number of hydrogen-bond donors (Lipinski definition) is 2. The van der Waals surface area contributed by atoms with Gasteiger partial charge < -0.3 is 21.2 Å². The van der Waals surface area contributed by atoms with Crippen LogP contribution in [-0.4, -0.2) is 55.7 Å². The third-order valence-corrected chi connectivity index (χ3v) is 0.981. The molecule has 1 heterocycles. The average molecular weight is 196 g/mol. The van der Waals surface area contributed by atoms with E-state index in [9.17, 15) is 0 Å². The normalized spacial score (nSPS) is 6.69. The van der Waals surface area contributed by atoms with Crippen molar-refractivity contribution >= 4 is 29.6 Å². The Bertz CT molecular complexity index is 299. The van der Waals surface area contributed by atoms with Gasteiger partial charge in [0, 0.05) is 6.07 Å². The molecule has 1 rings (SSSR count). The number of nitriles is 1. The van der Waals surface area contributed by atoms with E-state index in [4.69, 9.17) is 15.5 Å². The maximum absolute atomic E-state index is 8.80. The molecule has 0 aromatic carbocycles. The third-order valence-electron chi connectivity index (χ3n) is 0.981. The third kappa shape index (κ3) is 4.67. The Balaban J connectivity index is -0.000000333. The van der Waals surface area contributed by atoms with Crippen molar-refractivity contribution in [2.45, 2.75) is 0 Å². The van der Waals surface area contributed by atoms with E-state index < -0.39 is 5.88 Å². The fraction of sp³-hybridized carbons (Fsp3) is 0. The van der Waals surface area contributed by atoms with Crippen molar-refractivity contribution in [2.75, 3.05) is 0 Å². The first-order valence-corrected chi connectivity index (χ1v) is 2.53. The standard InChI is InChI=1S/C6H4N2O2.Na.2H2O.H/c7-3-4-1-2-5(9)8-6(4)10;;;;/h1-2H,(H2,8,9,10);;2*1H2;. The molecule has 6 nitrogen and oxygen atoms in total. The summed E-state index contributed by atoms with van der Waals surface area (Å²) in [6.45, 7) is 0. The van der Waals surface area contributed by atoms with E-state index in [2.05, 4.69) is 4.98 Å². The van der Waals surface area contributed by atoms with Crippen LogP contribution in [0.25, 0.3) is 0 Å². The van der Waals surface area contributed by atoms with Crippen LogP contribution in [0.3, 0.4) is 0 Å². The Morgan fingerprint density at radius 1 is 1.23 bits per heavy atom. The Morgan fingerprint density at radius 2 is 1.77 bits per heavy atom. The van der Waals surface area contributed by atoms with Crippen LogP contribution in [0.1, 0.15) is 5.56 Å². The van der Waals surface area contributed by atoms with Gasteiger partial charge in [0.25, 0.3) is 0 Å². The zero-order valence-corrected chi connectivity index (χ0v) is 5.94. The van der Waals surface area contributed by atoms with Gasteiger partial charge in [-0.1, -0.05) is 0 Å². The first-order chi connectivity index (χ1) is 4.74. The molecule has 0 aliphatic carbocycles. The molecule has 0 saturated heterocycles. The minimum absolute atomic E-state index is 0. The Morgan fingerprint density at radius 3 is 2.15 bits per heavy atom. The summed E-state index contributed by atoms with van der Waals surface area (Å²) in [5.41, 5.74) is 0.0535. The van der Waals surface area contributed by atoms with Crippen molar-refractivity contribution in [3.8, 4) is 17.8 Å². The Kier molecular flexibility index (Phi) is 10.8. The van der Waals surface area contributed by atoms with Crippen LogP contribution in [0, 0.1) is 11.3 Å². The quantitative estimate of drug-likeness (QED) is 0.466. The van der Waals surface area contributed by atoms with Crippen molar-refractivity contribution in [2.24, 2.45) is 0 Å². The molecule has 0 aliphatic rings. The van der Waals surface area contributed by atoms with E-state index in [1.807, 2.05) is 0 Å². The predicted octanol–water partition coefficient (Wildman–Crippen LogP) is -1.93. The van der Waals surface area contributed by atoms with Crippen molar-refractivity contribution in [1.82, 2.24) is 4.98 Å². The summed E-state index contributed by atoms with van der Waals surface area (Å²) < 4.78 is 0. The zero-order valence-electron chi connectivity index (χ0n) is 5.94. The van der Waals surface area contributed by atoms with Crippen LogP contribution in [0.2, 0.25) is 0 Å². The van der Waals surface area contributed by atoms with Crippen molar-refractivity contribution in [3.63, 3.8) is 0 Å². The number of rotatable bonds is 0. The summed E-state index contributed by atoms with van der Waals surface area (Å²) >= 11 is 0. The van der Waals surface area contributed by atoms with Crippen LogP contribution >= 0.6 is 0 Å². The Labute approximate surface area is 96.4 Å². The molecule has 0 saturated carbocycles. The molecule has 0 bridgehead atoms. The molecule has 0 amide bonds. The summed E-state index contributed by atoms with van der Waals surface area (Å²) in [7, 11) is 0. The fourth-order valence-corrected chi connectivity index (χ4v) is 0.526. The van der Waals surface area contributed by atoms with Gasteiger partial charge in [0.05, 0.1) is 0 Å². The maximum atomic E-state index is 8.80. The van der Waals surface area contributed by atoms with Gasteiger partial charge in [-0.2, -0.15) is 10.2 Å². The van der Waals surface area contributed by atoms with Crippen LogP contribution in [-0.2, 0) is 0 Å². The topological polar surface area (TPSA) is 140 Å². The second-order valence-electron chi connectivity index (χ2n) is 1.65. The molecule has 0 radical (unpaired) electrons. The zero-order chi connectivity index (χ0) is 7.56. The van der Waals surface area contributed by atoms with Crippen LogP contribution in [0.5, 0.6) is 11.8 Å². The molecular formula is C6H9N2NaO4. The second kappa shape index (κ2) is 7.79.